The number of ketones is 1. The molecule has 3 aromatic rings. The maximum atomic E-state index is 13.3. The molecule has 0 amide bonds. The molecule has 37 heavy (non-hydrogen) atoms. The minimum absolute atomic E-state index is 0.0111. The summed E-state index contributed by atoms with van der Waals surface area (Å²) < 4.78 is 55.9. The van der Waals surface area contributed by atoms with Crippen LogP contribution in [0.4, 0.5) is 8.78 Å². The summed E-state index contributed by atoms with van der Waals surface area (Å²) in [4.78, 5) is 17.4. The Bertz CT molecular complexity index is 1440. The molecule has 2 aliphatic rings. The van der Waals surface area contributed by atoms with Crippen LogP contribution in [-0.4, -0.2) is 36.0 Å². The van der Waals surface area contributed by atoms with Gasteiger partial charge in [-0.15, -0.1) is 0 Å². The highest BCUT2D eigenvalue weighted by Crippen LogP contribution is 2.57. The zero-order valence-electron chi connectivity index (χ0n) is 19.9. The maximum absolute atomic E-state index is 13.3. The van der Waals surface area contributed by atoms with Crippen molar-refractivity contribution in [1.29, 1.82) is 0 Å². The van der Waals surface area contributed by atoms with E-state index in [0.29, 0.717) is 45.5 Å². The number of nitrogens with zero attached hydrogens (tertiary/aromatic N) is 2. The Balaban J connectivity index is 1.29. The van der Waals surface area contributed by atoms with Gasteiger partial charge in [0, 0.05) is 47.2 Å². The summed E-state index contributed by atoms with van der Waals surface area (Å²) in [7, 11) is -3.30. The lowest BCUT2D eigenvalue weighted by Gasteiger charge is -2.32. The fourth-order valence-corrected chi connectivity index (χ4v) is 6.60. The van der Waals surface area contributed by atoms with Crippen LogP contribution in [-0.2, 0) is 32.9 Å². The Kier molecular flexibility index (Phi) is 6.69. The topological polar surface area (TPSA) is 90.1 Å². The monoisotopic (exact) mass is 568 g/mol. The lowest BCUT2D eigenvalue weighted by Crippen LogP contribution is -2.34. The van der Waals surface area contributed by atoms with Crippen molar-refractivity contribution in [3.05, 3.63) is 74.8 Å². The summed E-state index contributed by atoms with van der Waals surface area (Å²) in [6.45, 7) is 1.58. The van der Waals surface area contributed by atoms with Crippen molar-refractivity contribution in [2.75, 3.05) is 5.75 Å². The van der Waals surface area contributed by atoms with Gasteiger partial charge in [0.1, 0.15) is 5.78 Å². The lowest BCUT2D eigenvalue weighted by molar-refractivity contribution is -0.117. The van der Waals surface area contributed by atoms with E-state index in [1.54, 1.807) is 31.2 Å². The molecule has 196 valence electrons. The number of sulfone groups is 1. The first-order valence-electron chi connectivity index (χ1n) is 12.0. The molecule has 5 rings (SSSR count). The molecule has 0 saturated heterocycles. The van der Waals surface area contributed by atoms with Gasteiger partial charge in [-0.2, -0.15) is 4.98 Å². The fourth-order valence-electron chi connectivity index (χ4n) is 4.82. The normalized spacial score (nSPS) is 18.4. The van der Waals surface area contributed by atoms with Crippen LogP contribution in [0.15, 0.2) is 45.8 Å². The Morgan fingerprint density at radius 1 is 1.05 bits per heavy atom. The zero-order valence-corrected chi connectivity index (χ0v) is 22.3. The number of hydrogen-bond donors (Lipinski definition) is 0. The van der Waals surface area contributed by atoms with E-state index in [9.17, 15) is 22.0 Å². The van der Waals surface area contributed by atoms with Crippen molar-refractivity contribution in [3.63, 3.8) is 0 Å². The smallest absolute Gasteiger partial charge is 0.249 e. The van der Waals surface area contributed by atoms with E-state index in [1.807, 2.05) is 0 Å². The Hall–Kier alpha value is -2.36. The van der Waals surface area contributed by atoms with Crippen molar-refractivity contribution in [3.8, 4) is 0 Å². The largest absolute Gasteiger partial charge is 0.338 e. The molecule has 0 aliphatic heterocycles. The maximum Gasteiger partial charge on any atom is 0.249 e. The molecule has 0 unspecified atom stereocenters. The molecule has 1 heterocycles. The second-order valence-electron chi connectivity index (χ2n) is 9.88. The number of carbonyl (C=O) groups excluding carboxylic acids is 1. The third kappa shape index (κ3) is 5.18. The number of hydrogen-bond acceptors (Lipinski definition) is 6. The standard InChI is InChI=1S/C26H24Cl2F2N2O4S/c1-2-37(34,35)19-5-3-15(4-6-19)9-18(33)10-16-11-20(27)22(21(28)12-16)25(7-8-25)24-31-23(32-36-24)17-13-26(29,30)14-17/h3-6,11-12,17H,2,7-10,13-14H2,1H3. The van der Waals surface area contributed by atoms with E-state index in [1.165, 1.54) is 12.1 Å². The van der Waals surface area contributed by atoms with Gasteiger partial charge in [-0.05, 0) is 48.2 Å². The van der Waals surface area contributed by atoms with Gasteiger partial charge in [0.15, 0.2) is 15.7 Å². The average molecular weight is 569 g/mol. The second kappa shape index (κ2) is 9.43. The molecule has 2 saturated carbocycles. The minimum Gasteiger partial charge on any atom is -0.338 e. The SMILES string of the molecule is CCS(=O)(=O)c1ccc(CC(=O)Cc2cc(Cl)c(C3(c4nc(C5CC(F)(F)C5)no4)CC3)c(Cl)c2)cc1. The Labute approximate surface area is 223 Å². The van der Waals surface area contributed by atoms with E-state index >= 15 is 0 Å². The number of alkyl halides is 2. The predicted molar refractivity (Wildman–Crippen MR) is 134 cm³/mol. The van der Waals surface area contributed by atoms with Gasteiger partial charge in [-0.1, -0.05) is 47.4 Å². The summed E-state index contributed by atoms with van der Waals surface area (Å²) in [6.07, 6.45) is 1.02. The molecule has 0 spiro atoms. The summed E-state index contributed by atoms with van der Waals surface area (Å²) in [6, 6.07) is 9.70. The molecule has 0 atom stereocenters. The molecule has 6 nitrogen and oxygen atoms in total. The minimum atomic E-state index is -3.30. The van der Waals surface area contributed by atoms with E-state index in [4.69, 9.17) is 27.7 Å². The highest BCUT2D eigenvalue weighted by molar-refractivity contribution is 7.91. The van der Waals surface area contributed by atoms with E-state index in [-0.39, 0.29) is 47.9 Å². The van der Waals surface area contributed by atoms with E-state index in [0.717, 1.165) is 0 Å². The van der Waals surface area contributed by atoms with Crippen LogP contribution in [0.25, 0.3) is 0 Å². The molecule has 2 fully saturated rings. The highest BCUT2D eigenvalue weighted by Gasteiger charge is 2.54. The first-order valence-corrected chi connectivity index (χ1v) is 14.4. The summed E-state index contributed by atoms with van der Waals surface area (Å²) in [5.74, 6) is -2.57. The number of benzene rings is 2. The predicted octanol–water partition coefficient (Wildman–Crippen LogP) is 6.12. The van der Waals surface area contributed by atoms with Crippen LogP contribution >= 0.6 is 23.2 Å². The molecule has 11 heteroatoms. The lowest BCUT2D eigenvalue weighted by atomic mass is 9.81. The number of aromatic nitrogens is 2. The fraction of sp³-hybridized carbons (Fsp3) is 0.423. The second-order valence-corrected chi connectivity index (χ2v) is 13.0. The van der Waals surface area contributed by atoms with Gasteiger partial charge in [0.2, 0.25) is 11.8 Å². The zero-order chi connectivity index (χ0) is 26.6. The highest BCUT2D eigenvalue weighted by atomic mass is 35.5. The first kappa shape index (κ1) is 26.3. The van der Waals surface area contributed by atoms with Crippen molar-refractivity contribution < 1.29 is 26.5 Å². The van der Waals surface area contributed by atoms with Crippen molar-refractivity contribution in [1.82, 2.24) is 10.1 Å². The number of halogens is 4. The summed E-state index contributed by atoms with van der Waals surface area (Å²) >= 11 is 13.3. The van der Waals surface area contributed by atoms with E-state index < -0.39 is 27.1 Å². The van der Waals surface area contributed by atoms with Gasteiger partial charge in [0.05, 0.1) is 16.1 Å². The quantitative estimate of drug-likeness (QED) is 0.309. The van der Waals surface area contributed by atoms with Gasteiger partial charge in [-0.3, -0.25) is 4.79 Å². The van der Waals surface area contributed by atoms with Crippen molar-refractivity contribution in [2.24, 2.45) is 0 Å². The van der Waals surface area contributed by atoms with Crippen LogP contribution in [0.5, 0.6) is 0 Å². The molecule has 1 aromatic heterocycles. The third-order valence-corrected chi connectivity index (χ3v) is 9.45. The Morgan fingerprint density at radius 2 is 1.65 bits per heavy atom. The third-order valence-electron chi connectivity index (χ3n) is 7.10. The van der Waals surface area contributed by atoms with Crippen LogP contribution in [0.1, 0.15) is 66.9 Å². The molecular weight excluding hydrogens is 545 g/mol. The number of Topliss-reactive ketones (excluding diaryl/α,β-unsaturated/α-hetero) is 1. The van der Waals surface area contributed by atoms with Gasteiger partial charge >= 0.3 is 0 Å². The molecule has 2 aromatic carbocycles. The van der Waals surface area contributed by atoms with Crippen LogP contribution < -0.4 is 0 Å². The first-order chi connectivity index (χ1) is 17.4. The molecule has 0 N–H and O–H groups in total. The van der Waals surface area contributed by atoms with E-state index in [2.05, 4.69) is 10.1 Å². The van der Waals surface area contributed by atoms with Gasteiger partial charge in [0.25, 0.3) is 0 Å². The van der Waals surface area contributed by atoms with Crippen LogP contribution in [0.2, 0.25) is 10.0 Å². The summed E-state index contributed by atoms with van der Waals surface area (Å²) in [5.41, 5.74) is 1.33. The van der Waals surface area contributed by atoms with Crippen LogP contribution in [0.3, 0.4) is 0 Å². The molecule has 0 radical (unpaired) electrons. The molecule has 2 aliphatic carbocycles. The van der Waals surface area contributed by atoms with Gasteiger partial charge in [-0.25, -0.2) is 17.2 Å². The average Bonchev–Trinajstić information content (AvgIpc) is 3.44. The Morgan fingerprint density at radius 3 is 2.19 bits per heavy atom. The van der Waals surface area contributed by atoms with Crippen molar-refractivity contribution >= 4 is 38.8 Å². The summed E-state index contributed by atoms with van der Waals surface area (Å²) in [5, 5.41) is 4.68. The molecule has 0 bridgehead atoms. The van der Waals surface area contributed by atoms with Crippen LogP contribution in [0, 0.1) is 0 Å². The van der Waals surface area contributed by atoms with Gasteiger partial charge < -0.3 is 4.52 Å². The number of carbonyl (C=O) groups is 1. The van der Waals surface area contributed by atoms with Crippen molar-refractivity contribution in [2.45, 2.75) is 67.6 Å². The molecular formula is C26H24Cl2F2N2O4S. The number of rotatable bonds is 9.